The van der Waals surface area contributed by atoms with Crippen molar-refractivity contribution in [1.82, 2.24) is 0 Å². The summed E-state index contributed by atoms with van der Waals surface area (Å²) < 4.78 is 10.7. The Bertz CT molecular complexity index is 598. The van der Waals surface area contributed by atoms with E-state index in [9.17, 15) is 4.79 Å². The van der Waals surface area contributed by atoms with E-state index in [2.05, 4.69) is 0 Å². The molecule has 1 unspecified atom stereocenters. The zero-order valence-corrected chi connectivity index (χ0v) is 12.7. The molecule has 2 N–H and O–H groups in total. The molecule has 0 spiro atoms. The fraction of sp³-hybridized carbons (Fsp3) is 0.278. The number of carbonyl (C=O) groups is 1. The summed E-state index contributed by atoms with van der Waals surface area (Å²) in [7, 11) is 0. The topological polar surface area (TPSA) is 61.5 Å². The van der Waals surface area contributed by atoms with Crippen molar-refractivity contribution in [2.75, 3.05) is 6.61 Å². The molecule has 1 atom stereocenters. The third-order valence-corrected chi connectivity index (χ3v) is 3.23. The summed E-state index contributed by atoms with van der Waals surface area (Å²) in [5.74, 6) is 0.450. The van der Waals surface area contributed by atoms with Gasteiger partial charge in [0.1, 0.15) is 12.4 Å². The zero-order chi connectivity index (χ0) is 15.8. The monoisotopic (exact) mass is 299 g/mol. The van der Waals surface area contributed by atoms with Crippen LogP contribution in [-0.4, -0.2) is 12.6 Å². The van der Waals surface area contributed by atoms with E-state index < -0.39 is 0 Å². The van der Waals surface area contributed by atoms with E-state index in [1.165, 1.54) is 0 Å². The van der Waals surface area contributed by atoms with E-state index in [1.807, 2.05) is 54.6 Å². The molecule has 0 saturated heterocycles. The Morgan fingerprint density at radius 2 is 1.91 bits per heavy atom. The molecule has 0 fully saturated rings. The summed E-state index contributed by atoms with van der Waals surface area (Å²) in [6.45, 7) is 2.64. The molecule has 0 aliphatic carbocycles. The highest BCUT2D eigenvalue weighted by Crippen LogP contribution is 2.21. The molecule has 4 heteroatoms. The molecule has 0 saturated carbocycles. The van der Waals surface area contributed by atoms with Crippen LogP contribution in [0.4, 0.5) is 0 Å². The molecule has 2 aromatic carbocycles. The zero-order valence-electron chi connectivity index (χ0n) is 12.7. The largest absolute Gasteiger partial charge is 0.489 e. The summed E-state index contributed by atoms with van der Waals surface area (Å²) in [6, 6.07) is 17.1. The van der Waals surface area contributed by atoms with Crippen molar-refractivity contribution >= 4 is 5.97 Å². The molecule has 0 amide bonds. The number of rotatable bonds is 7. The normalized spacial score (nSPS) is 11.7. The minimum Gasteiger partial charge on any atom is -0.489 e. The van der Waals surface area contributed by atoms with Crippen LogP contribution in [0.3, 0.4) is 0 Å². The minimum atomic E-state index is -0.390. The van der Waals surface area contributed by atoms with Crippen LogP contribution in [0.1, 0.15) is 30.5 Å². The van der Waals surface area contributed by atoms with E-state index >= 15 is 0 Å². The lowest BCUT2D eigenvalue weighted by atomic mass is 10.0. The van der Waals surface area contributed by atoms with Crippen molar-refractivity contribution < 1.29 is 14.3 Å². The lowest BCUT2D eigenvalue weighted by Crippen LogP contribution is -2.17. The van der Waals surface area contributed by atoms with Crippen molar-refractivity contribution in [1.29, 1.82) is 0 Å². The van der Waals surface area contributed by atoms with E-state index in [1.54, 1.807) is 6.92 Å². The number of esters is 1. The Kier molecular flexibility index (Phi) is 5.98. The summed E-state index contributed by atoms with van der Waals surface area (Å²) in [6.07, 6.45) is 0.163. The summed E-state index contributed by atoms with van der Waals surface area (Å²) in [4.78, 5) is 11.5. The van der Waals surface area contributed by atoms with Crippen LogP contribution in [0.15, 0.2) is 54.6 Å². The van der Waals surface area contributed by atoms with Crippen molar-refractivity contribution in [2.24, 2.45) is 5.73 Å². The predicted molar refractivity (Wildman–Crippen MR) is 85.4 cm³/mol. The first kappa shape index (κ1) is 16.0. The van der Waals surface area contributed by atoms with Crippen LogP contribution in [0.25, 0.3) is 0 Å². The lowest BCUT2D eigenvalue weighted by Gasteiger charge is -2.13. The van der Waals surface area contributed by atoms with Gasteiger partial charge in [0, 0.05) is 6.04 Å². The summed E-state index contributed by atoms with van der Waals surface area (Å²) in [5.41, 5.74) is 8.01. The fourth-order valence-electron chi connectivity index (χ4n) is 2.09. The summed E-state index contributed by atoms with van der Waals surface area (Å²) >= 11 is 0. The maximum atomic E-state index is 11.5. The van der Waals surface area contributed by atoms with Gasteiger partial charge < -0.3 is 15.2 Å². The molecule has 2 rings (SSSR count). The molecule has 0 heterocycles. The molecular weight excluding hydrogens is 278 g/mol. The van der Waals surface area contributed by atoms with Crippen molar-refractivity contribution in [3.63, 3.8) is 0 Å². The molecular formula is C18H21NO3. The molecule has 116 valence electrons. The number of hydrogen-bond donors (Lipinski definition) is 1. The third-order valence-electron chi connectivity index (χ3n) is 3.23. The second kappa shape index (κ2) is 8.20. The van der Waals surface area contributed by atoms with Crippen molar-refractivity contribution in [3.8, 4) is 5.75 Å². The smallest absolute Gasteiger partial charge is 0.307 e. The van der Waals surface area contributed by atoms with Crippen LogP contribution in [-0.2, 0) is 16.1 Å². The highest BCUT2D eigenvalue weighted by atomic mass is 16.5. The Hall–Kier alpha value is -2.33. The summed E-state index contributed by atoms with van der Waals surface area (Å²) in [5, 5.41) is 0. The molecule has 0 radical (unpaired) electrons. The average Bonchev–Trinajstić information content (AvgIpc) is 2.54. The maximum absolute atomic E-state index is 11.5. The molecule has 0 aliphatic rings. The van der Waals surface area contributed by atoms with Gasteiger partial charge in [0.05, 0.1) is 13.0 Å². The standard InChI is InChI=1S/C18H21NO3/c1-2-21-18(20)12-17(19)15-9-6-10-16(11-15)22-13-14-7-4-3-5-8-14/h3-11,17H,2,12-13,19H2,1H3. The number of nitrogens with two attached hydrogens (primary N) is 1. The van der Waals surface area contributed by atoms with Gasteiger partial charge in [-0.25, -0.2) is 0 Å². The quantitative estimate of drug-likeness (QED) is 0.797. The van der Waals surface area contributed by atoms with Gasteiger partial charge in [-0.1, -0.05) is 42.5 Å². The van der Waals surface area contributed by atoms with Gasteiger partial charge in [0.15, 0.2) is 0 Å². The minimum absolute atomic E-state index is 0.163. The van der Waals surface area contributed by atoms with Gasteiger partial charge in [-0.05, 0) is 30.2 Å². The van der Waals surface area contributed by atoms with E-state index in [-0.39, 0.29) is 18.4 Å². The molecule has 0 aliphatic heterocycles. The van der Waals surface area contributed by atoms with Crippen molar-refractivity contribution in [2.45, 2.75) is 26.0 Å². The number of benzene rings is 2. The molecule has 2 aromatic rings. The number of carbonyl (C=O) groups excluding carboxylic acids is 1. The van der Waals surface area contributed by atoms with Crippen LogP contribution in [0, 0.1) is 0 Å². The van der Waals surface area contributed by atoms with Crippen LogP contribution in [0.5, 0.6) is 5.75 Å². The van der Waals surface area contributed by atoms with Crippen LogP contribution >= 0.6 is 0 Å². The highest BCUT2D eigenvalue weighted by Gasteiger charge is 2.13. The van der Waals surface area contributed by atoms with E-state index in [0.717, 1.165) is 16.9 Å². The van der Waals surface area contributed by atoms with Gasteiger partial charge >= 0.3 is 5.97 Å². The van der Waals surface area contributed by atoms with Crippen molar-refractivity contribution in [3.05, 3.63) is 65.7 Å². The second-order valence-corrected chi connectivity index (χ2v) is 4.96. The van der Waals surface area contributed by atoms with Crippen LogP contribution < -0.4 is 10.5 Å². The van der Waals surface area contributed by atoms with Gasteiger partial charge in [-0.3, -0.25) is 4.79 Å². The lowest BCUT2D eigenvalue weighted by molar-refractivity contribution is -0.143. The van der Waals surface area contributed by atoms with Gasteiger partial charge in [-0.2, -0.15) is 0 Å². The second-order valence-electron chi connectivity index (χ2n) is 4.96. The Morgan fingerprint density at radius 3 is 2.64 bits per heavy atom. The molecule has 0 bridgehead atoms. The third kappa shape index (κ3) is 4.90. The maximum Gasteiger partial charge on any atom is 0.307 e. The van der Waals surface area contributed by atoms with E-state index in [0.29, 0.717) is 13.2 Å². The predicted octanol–water partition coefficient (Wildman–Crippen LogP) is 3.22. The Labute approximate surface area is 130 Å². The first-order valence-corrected chi connectivity index (χ1v) is 7.37. The van der Waals surface area contributed by atoms with Gasteiger partial charge in [0.25, 0.3) is 0 Å². The number of hydrogen-bond acceptors (Lipinski definition) is 4. The average molecular weight is 299 g/mol. The Morgan fingerprint density at radius 1 is 1.14 bits per heavy atom. The van der Waals surface area contributed by atoms with Gasteiger partial charge in [0.2, 0.25) is 0 Å². The number of ether oxygens (including phenoxy) is 2. The Balaban J connectivity index is 1.95. The highest BCUT2D eigenvalue weighted by molar-refractivity contribution is 5.70. The molecule has 0 aromatic heterocycles. The van der Waals surface area contributed by atoms with E-state index in [4.69, 9.17) is 15.2 Å². The molecule has 22 heavy (non-hydrogen) atoms. The first-order valence-electron chi connectivity index (χ1n) is 7.37. The SMILES string of the molecule is CCOC(=O)CC(N)c1cccc(OCc2ccccc2)c1. The van der Waals surface area contributed by atoms with Gasteiger partial charge in [-0.15, -0.1) is 0 Å². The first-order chi connectivity index (χ1) is 10.7. The fourth-order valence-corrected chi connectivity index (χ4v) is 2.09. The van der Waals surface area contributed by atoms with Crippen LogP contribution in [0.2, 0.25) is 0 Å². The molecule has 4 nitrogen and oxygen atoms in total.